The van der Waals surface area contributed by atoms with Gasteiger partial charge in [-0.15, -0.1) is 0 Å². The van der Waals surface area contributed by atoms with Gasteiger partial charge in [0, 0.05) is 31.6 Å². The second-order valence-electron chi connectivity index (χ2n) is 10.6. The molecule has 6 heteroatoms. The van der Waals surface area contributed by atoms with Crippen LogP contribution < -0.4 is 5.32 Å². The molecule has 4 nitrogen and oxygen atoms in total. The van der Waals surface area contributed by atoms with Crippen LogP contribution in [0, 0.1) is 17.8 Å². The number of aldehydes is 1. The lowest BCUT2D eigenvalue weighted by Gasteiger charge is -2.30. The fourth-order valence-electron chi connectivity index (χ4n) is 5.56. The average Bonchev–Trinajstić information content (AvgIpc) is 3.13. The number of nitrogens with one attached hydrogen (secondary N) is 1. The predicted molar refractivity (Wildman–Crippen MR) is 130 cm³/mol. The largest absolute Gasteiger partial charge is 0.342 e. The number of aromatic nitrogens is 1. The maximum absolute atomic E-state index is 13.9. The van der Waals surface area contributed by atoms with Gasteiger partial charge in [0.15, 0.2) is 0 Å². The number of hydrogen-bond donors (Lipinski definition) is 1. The van der Waals surface area contributed by atoms with E-state index in [2.05, 4.69) is 19.2 Å². The van der Waals surface area contributed by atoms with Crippen molar-refractivity contribution in [3.05, 3.63) is 23.5 Å². The maximum atomic E-state index is 13.9. The molecule has 2 saturated carbocycles. The third kappa shape index (κ3) is 7.73. The summed E-state index contributed by atoms with van der Waals surface area (Å²) < 4.78 is 29.5. The second-order valence-corrected chi connectivity index (χ2v) is 10.6. The van der Waals surface area contributed by atoms with Gasteiger partial charge in [0.2, 0.25) is 5.78 Å². The summed E-state index contributed by atoms with van der Waals surface area (Å²) in [5, 5.41) is 3.48. The molecule has 2 aliphatic rings. The topological polar surface area (TPSA) is 51.1 Å². The standard InChI is InChI=1S/C26H40F2N2O2.CH4/c1-18-7-9-20(10-8-18)13-14-30-23(11-12-24(30)25(32)26(3,27)28)16-22(17-31)29-21-6-4-5-19(2)15-21;/h11-12,17-22,29H,4-10,13-16H2,1-3H3;1H4. The van der Waals surface area contributed by atoms with Crippen molar-refractivity contribution in [1.82, 2.24) is 9.88 Å². The zero-order chi connectivity index (χ0) is 23.3. The van der Waals surface area contributed by atoms with Gasteiger partial charge in [-0.2, -0.15) is 8.78 Å². The Bertz CT molecular complexity index is 763. The normalized spacial score (nSPS) is 26.9. The highest BCUT2D eigenvalue weighted by molar-refractivity contribution is 6.00. The number of alkyl halides is 2. The molecule has 3 rings (SSSR count). The fourth-order valence-corrected chi connectivity index (χ4v) is 5.56. The number of halogens is 2. The van der Waals surface area contributed by atoms with Gasteiger partial charge in [-0.05, 0) is 49.1 Å². The highest BCUT2D eigenvalue weighted by Gasteiger charge is 2.36. The summed E-state index contributed by atoms with van der Waals surface area (Å²) in [5.74, 6) is -2.58. The molecule has 0 radical (unpaired) electrons. The van der Waals surface area contributed by atoms with Crippen molar-refractivity contribution in [2.24, 2.45) is 17.8 Å². The third-order valence-electron chi connectivity index (χ3n) is 7.58. The zero-order valence-corrected chi connectivity index (χ0v) is 19.9. The predicted octanol–water partition coefficient (Wildman–Crippen LogP) is 6.46. The molecule has 188 valence electrons. The molecule has 3 atom stereocenters. The molecule has 33 heavy (non-hydrogen) atoms. The molecule has 1 N–H and O–H groups in total. The molecule has 1 heterocycles. The van der Waals surface area contributed by atoms with Crippen LogP contribution in [0.25, 0.3) is 0 Å². The Morgan fingerprint density at radius 1 is 1.15 bits per heavy atom. The minimum absolute atomic E-state index is 0. The summed E-state index contributed by atoms with van der Waals surface area (Å²) in [5.41, 5.74) is 0.850. The first kappa shape index (κ1) is 27.7. The quantitative estimate of drug-likeness (QED) is 0.318. The van der Waals surface area contributed by atoms with Gasteiger partial charge in [-0.3, -0.25) is 4.79 Å². The highest BCUT2D eigenvalue weighted by Crippen LogP contribution is 2.32. The molecule has 1 aromatic heterocycles. The molecule has 1 aromatic rings. The van der Waals surface area contributed by atoms with Crippen molar-refractivity contribution in [3.8, 4) is 0 Å². The second kappa shape index (κ2) is 12.2. The van der Waals surface area contributed by atoms with Crippen LogP contribution in [0.1, 0.15) is 102 Å². The van der Waals surface area contributed by atoms with Gasteiger partial charge < -0.3 is 14.7 Å². The van der Waals surface area contributed by atoms with Crippen LogP contribution in [0.5, 0.6) is 0 Å². The van der Waals surface area contributed by atoms with E-state index in [9.17, 15) is 18.4 Å². The van der Waals surface area contributed by atoms with Crippen LogP contribution in [-0.2, 0) is 17.8 Å². The van der Waals surface area contributed by atoms with E-state index < -0.39 is 11.7 Å². The molecule has 2 fully saturated rings. The van der Waals surface area contributed by atoms with Crippen LogP contribution in [0.4, 0.5) is 8.78 Å². The number of ketones is 1. The van der Waals surface area contributed by atoms with E-state index >= 15 is 0 Å². The Labute approximate surface area is 198 Å². The molecule has 0 bridgehead atoms. The molecule has 2 aliphatic carbocycles. The van der Waals surface area contributed by atoms with E-state index in [0.29, 0.717) is 37.8 Å². The lowest BCUT2D eigenvalue weighted by Crippen LogP contribution is -2.43. The lowest BCUT2D eigenvalue weighted by molar-refractivity contribution is -0.109. The van der Waals surface area contributed by atoms with Crippen LogP contribution in [-0.4, -0.2) is 34.6 Å². The van der Waals surface area contributed by atoms with Crippen LogP contribution >= 0.6 is 0 Å². The van der Waals surface area contributed by atoms with Crippen molar-refractivity contribution in [2.75, 3.05) is 0 Å². The Hall–Kier alpha value is -1.56. The molecule has 0 saturated heterocycles. The Morgan fingerprint density at radius 3 is 2.45 bits per heavy atom. The van der Waals surface area contributed by atoms with Gasteiger partial charge in [-0.25, -0.2) is 0 Å². The van der Waals surface area contributed by atoms with E-state index in [0.717, 1.165) is 56.4 Å². The molecule has 0 amide bonds. The molecular formula is C27H44F2N2O2. The van der Waals surface area contributed by atoms with Crippen molar-refractivity contribution in [3.63, 3.8) is 0 Å². The lowest BCUT2D eigenvalue weighted by atomic mass is 9.81. The SMILES string of the molecule is C.CC1CCC(CCn2c(CC(C=O)NC3CCCC(C)C3)ccc2C(=O)C(C)(F)F)CC1. The van der Waals surface area contributed by atoms with E-state index in [1.807, 2.05) is 0 Å². The number of Topliss-reactive ketones (excluding diaryl/α,β-unsaturated/α-hetero) is 1. The fraction of sp³-hybridized carbons (Fsp3) is 0.778. The van der Waals surface area contributed by atoms with Crippen molar-refractivity contribution in [1.29, 1.82) is 0 Å². The maximum Gasteiger partial charge on any atom is 0.308 e. The van der Waals surface area contributed by atoms with E-state index in [1.54, 1.807) is 10.6 Å². The van der Waals surface area contributed by atoms with Gasteiger partial charge >= 0.3 is 5.92 Å². The van der Waals surface area contributed by atoms with Gasteiger partial charge in [0.05, 0.1) is 11.7 Å². The zero-order valence-electron chi connectivity index (χ0n) is 19.9. The number of rotatable bonds is 10. The molecule has 3 unspecified atom stereocenters. The number of nitrogens with zero attached hydrogens (tertiary/aromatic N) is 1. The van der Waals surface area contributed by atoms with Crippen LogP contribution in [0.15, 0.2) is 12.1 Å². The van der Waals surface area contributed by atoms with Gasteiger partial charge in [0.1, 0.15) is 6.29 Å². The van der Waals surface area contributed by atoms with Crippen molar-refractivity contribution < 1.29 is 18.4 Å². The smallest absolute Gasteiger partial charge is 0.308 e. The average molecular weight is 467 g/mol. The number of carbonyl (C=O) groups excluding carboxylic acids is 2. The first-order valence-electron chi connectivity index (χ1n) is 12.5. The summed E-state index contributed by atoms with van der Waals surface area (Å²) in [6, 6.07) is 3.20. The van der Waals surface area contributed by atoms with Gasteiger partial charge in [-0.1, -0.05) is 59.8 Å². The number of carbonyl (C=O) groups is 2. The Morgan fingerprint density at radius 2 is 1.85 bits per heavy atom. The monoisotopic (exact) mass is 466 g/mol. The first-order valence-corrected chi connectivity index (χ1v) is 12.5. The summed E-state index contributed by atoms with van der Waals surface area (Å²) in [6.45, 7) is 5.73. The van der Waals surface area contributed by atoms with E-state index in [1.165, 1.54) is 25.3 Å². The van der Waals surface area contributed by atoms with E-state index in [-0.39, 0.29) is 19.2 Å². The van der Waals surface area contributed by atoms with E-state index in [4.69, 9.17) is 0 Å². The summed E-state index contributed by atoms with van der Waals surface area (Å²) in [7, 11) is 0. The molecule has 0 aliphatic heterocycles. The highest BCUT2D eigenvalue weighted by atomic mass is 19.3. The van der Waals surface area contributed by atoms with Crippen LogP contribution in [0.3, 0.4) is 0 Å². The first-order chi connectivity index (χ1) is 15.2. The summed E-state index contributed by atoms with van der Waals surface area (Å²) >= 11 is 0. The van der Waals surface area contributed by atoms with Crippen molar-refractivity contribution in [2.45, 2.75) is 117 Å². The Kier molecular flexibility index (Phi) is 10.3. The summed E-state index contributed by atoms with van der Waals surface area (Å²) in [6.07, 6.45) is 11.4. The molecule has 0 aromatic carbocycles. The third-order valence-corrected chi connectivity index (χ3v) is 7.58. The number of hydrogen-bond acceptors (Lipinski definition) is 3. The molecule has 0 spiro atoms. The minimum Gasteiger partial charge on any atom is -0.342 e. The van der Waals surface area contributed by atoms with Crippen molar-refractivity contribution >= 4 is 12.1 Å². The minimum atomic E-state index is -3.41. The summed E-state index contributed by atoms with van der Waals surface area (Å²) in [4.78, 5) is 24.3. The van der Waals surface area contributed by atoms with Crippen LogP contribution in [0.2, 0.25) is 0 Å². The molecular weight excluding hydrogens is 422 g/mol. The van der Waals surface area contributed by atoms with Gasteiger partial charge in [0.25, 0.3) is 0 Å². The Balaban J connectivity index is 0.00000385.